The molecule has 1 aromatic heterocycles. The number of hydrogen-bond acceptors (Lipinski definition) is 5. The summed E-state index contributed by atoms with van der Waals surface area (Å²) in [5.74, 6) is 3.86. The molecule has 8 nitrogen and oxygen atoms in total. The second kappa shape index (κ2) is 15.8. The largest absolute Gasteiger partial charge is 0.381 e. The number of halogens is 1. The third-order valence-corrected chi connectivity index (χ3v) is 5.81. The molecule has 0 radical (unpaired) electrons. The molecule has 3 heterocycles. The van der Waals surface area contributed by atoms with E-state index in [2.05, 4.69) is 32.3 Å². The average molecular weight is 549 g/mol. The van der Waals surface area contributed by atoms with Crippen LogP contribution in [0.15, 0.2) is 4.99 Å². The van der Waals surface area contributed by atoms with Gasteiger partial charge in [0.05, 0.1) is 0 Å². The highest BCUT2D eigenvalue weighted by Crippen LogP contribution is 2.15. The summed E-state index contributed by atoms with van der Waals surface area (Å²) in [6.07, 6.45) is 10.0. The predicted octanol–water partition coefficient (Wildman–Crippen LogP) is 2.94. The highest BCUT2D eigenvalue weighted by atomic mass is 127. The normalized spacial score (nSPS) is 17.5. The van der Waals surface area contributed by atoms with Gasteiger partial charge in [-0.1, -0.05) is 6.42 Å². The average Bonchev–Trinajstić information content (AvgIpc) is 3.00. The van der Waals surface area contributed by atoms with Crippen LogP contribution in [0.3, 0.4) is 0 Å². The summed E-state index contributed by atoms with van der Waals surface area (Å²) in [5, 5.41) is 15.6. The second-order valence-electron chi connectivity index (χ2n) is 8.27. The van der Waals surface area contributed by atoms with Crippen LogP contribution in [0, 0.1) is 5.92 Å². The lowest BCUT2D eigenvalue weighted by Crippen LogP contribution is -2.38. The van der Waals surface area contributed by atoms with Crippen LogP contribution in [0.25, 0.3) is 0 Å². The van der Waals surface area contributed by atoms with Crippen molar-refractivity contribution in [3.63, 3.8) is 0 Å². The number of guanidine groups is 1. The van der Waals surface area contributed by atoms with Crippen molar-refractivity contribution in [2.75, 3.05) is 46.1 Å². The molecule has 2 N–H and O–H groups in total. The zero-order valence-electron chi connectivity index (χ0n) is 19.1. The van der Waals surface area contributed by atoms with E-state index in [9.17, 15) is 0 Å². The Morgan fingerprint density at radius 2 is 2.03 bits per heavy atom. The van der Waals surface area contributed by atoms with Crippen LogP contribution in [0.2, 0.25) is 0 Å². The van der Waals surface area contributed by atoms with Gasteiger partial charge in [-0.15, -0.1) is 34.2 Å². The van der Waals surface area contributed by atoms with E-state index in [-0.39, 0.29) is 24.0 Å². The predicted molar refractivity (Wildman–Crippen MR) is 134 cm³/mol. The molecule has 2 aliphatic heterocycles. The van der Waals surface area contributed by atoms with E-state index in [4.69, 9.17) is 14.5 Å². The molecule has 0 bridgehead atoms. The van der Waals surface area contributed by atoms with Crippen LogP contribution in [-0.2, 0) is 28.9 Å². The molecule has 3 rings (SSSR count). The van der Waals surface area contributed by atoms with Gasteiger partial charge in [-0.2, -0.15) is 0 Å². The second-order valence-corrected chi connectivity index (χ2v) is 8.27. The van der Waals surface area contributed by atoms with E-state index in [1.807, 2.05) is 0 Å². The zero-order valence-corrected chi connectivity index (χ0v) is 21.4. The summed E-state index contributed by atoms with van der Waals surface area (Å²) in [4.78, 5) is 4.72. The molecule has 1 aromatic rings. The molecule has 0 unspecified atom stereocenters. The smallest absolute Gasteiger partial charge is 0.191 e. The summed E-state index contributed by atoms with van der Waals surface area (Å²) in [7, 11) is 0. The van der Waals surface area contributed by atoms with Gasteiger partial charge in [-0.25, -0.2) is 0 Å². The number of nitrogens with one attached hydrogen (secondary N) is 2. The first kappa shape index (κ1) is 26.3. The minimum atomic E-state index is 0. The van der Waals surface area contributed by atoms with Crippen molar-refractivity contribution in [3.8, 4) is 0 Å². The molecule has 0 amide bonds. The van der Waals surface area contributed by atoms with E-state index in [0.717, 1.165) is 103 Å². The number of hydrogen-bond donors (Lipinski definition) is 2. The van der Waals surface area contributed by atoms with Gasteiger partial charge in [-0.05, 0) is 51.4 Å². The highest BCUT2D eigenvalue weighted by molar-refractivity contribution is 14.0. The Bertz CT molecular complexity index is 634. The van der Waals surface area contributed by atoms with Gasteiger partial charge in [-0.3, -0.25) is 4.99 Å². The zero-order chi connectivity index (χ0) is 20.9. The fraction of sp³-hybridized carbons (Fsp3) is 0.864. The Morgan fingerprint density at radius 1 is 1.16 bits per heavy atom. The van der Waals surface area contributed by atoms with E-state index < -0.39 is 0 Å². The Labute approximate surface area is 204 Å². The van der Waals surface area contributed by atoms with Gasteiger partial charge < -0.3 is 24.7 Å². The molecule has 1 saturated heterocycles. The Kier molecular flexibility index (Phi) is 13.4. The van der Waals surface area contributed by atoms with Crippen LogP contribution in [0.1, 0.15) is 63.5 Å². The van der Waals surface area contributed by atoms with E-state index in [0.29, 0.717) is 5.92 Å². The van der Waals surface area contributed by atoms with Gasteiger partial charge in [0.2, 0.25) is 0 Å². The lowest BCUT2D eigenvalue weighted by atomic mass is 10.0. The number of aromatic nitrogens is 3. The van der Waals surface area contributed by atoms with Crippen LogP contribution in [0.4, 0.5) is 0 Å². The molecule has 178 valence electrons. The van der Waals surface area contributed by atoms with Crippen LogP contribution in [0.5, 0.6) is 0 Å². The van der Waals surface area contributed by atoms with Crippen molar-refractivity contribution in [2.45, 2.75) is 71.3 Å². The van der Waals surface area contributed by atoms with Gasteiger partial charge in [0.25, 0.3) is 0 Å². The number of rotatable bonds is 11. The maximum Gasteiger partial charge on any atom is 0.191 e. The Balaban J connectivity index is 0.00000341. The Morgan fingerprint density at radius 3 is 2.87 bits per heavy atom. The summed E-state index contributed by atoms with van der Waals surface area (Å²) in [5.41, 5.74) is 0. The lowest BCUT2D eigenvalue weighted by Gasteiger charge is -2.21. The minimum absolute atomic E-state index is 0. The monoisotopic (exact) mass is 548 g/mol. The first-order valence-corrected chi connectivity index (χ1v) is 12.0. The van der Waals surface area contributed by atoms with Crippen LogP contribution in [-0.4, -0.2) is 66.8 Å². The molecular weight excluding hydrogens is 507 g/mol. The number of aryl methyl sites for hydroxylation is 2. The summed E-state index contributed by atoms with van der Waals surface area (Å²) < 4.78 is 13.6. The van der Waals surface area contributed by atoms with Crippen molar-refractivity contribution in [3.05, 3.63) is 11.6 Å². The molecule has 31 heavy (non-hydrogen) atoms. The number of nitrogens with zero attached hydrogens (tertiary/aromatic N) is 4. The first-order chi connectivity index (χ1) is 14.9. The van der Waals surface area contributed by atoms with Gasteiger partial charge in [0, 0.05) is 65.4 Å². The topological polar surface area (TPSA) is 85.6 Å². The van der Waals surface area contributed by atoms with Gasteiger partial charge in [0.1, 0.15) is 11.6 Å². The summed E-state index contributed by atoms with van der Waals surface area (Å²) >= 11 is 0. The fourth-order valence-electron chi connectivity index (χ4n) is 4.04. The maximum absolute atomic E-state index is 5.84. The summed E-state index contributed by atoms with van der Waals surface area (Å²) in [6.45, 7) is 9.13. The quantitative estimate of drug-likeness (QED) is 0.192. The molecule has 0 spiro atoms. The minimum Gasteiger partial charge on any atom is -0.381 e. The van der Waals surface area contributed by atoms with E-state index in [1.165, 1.54) is 25.1 Å². The van der Waals surface area contributed by atoms with Crippen molar-refractivity contribution in [1.82, 2.24) is 25.4 Å². The van der Waals surface area contributed by atoms with Crippen molar-refractivity contribution in [2.24, 2.45) is 10.9 Å². The van der Waals surface area contributed by atoms with Gasteiger partial charge in [0.15, 0.2) is 5.96 Å². The molecule has 0 saturated carbocycles. The molecular formula is C22H41IN6O2. The van der Waals surface area contributed by atoms with Crippen molar-refractivity contribution >= 4 is 29.9 Å². The SMILES string of the molecule is CCNC(=NCCCc1nnc2n1CCCCC2)NCCCOCC1CCOCC1.I. The molecule has 0 atom stereocenters. The third-order valence-electron chi connectivity index (χ3n) is 5.81. The van der Waals surface area contributed by atoms with Gasteiger partial charge >= 0.3 is 0 Å². The molecule has 0 aromatic carbocycles. The van der Waals surface area contributed by atoms with Crippen LogP contribution < -0.4 is 10.6 Å². The molecule has 1 fully saturated rings. The first-order valence-electron chi connectivity index (χ1n) is 12.0. The summed E-state index contributed by atoms with van der Waals surface area (Å²) in [6, 6.07) is 0. The standard InChI is InChI=1S/C22H40N6O2.HI/c1-2-23-22(25-13-7-15-30-18-19-10-16-29-17-11-19)24-12-6-9-21-27-26-20-8-4-3-5-14-28(20)21;/h19H,2-18H2,1H3,(H2,23,24,25);1H. The van der Waals surface area contributed by atoms with Crippen molar-refractivity contribution < 1.29 is 9.47 Å². The van der Waals surface area contributed by atoms with E-state index >= 15 is 0 Å². The van der Waals surface area contributed by atoms with Crippen LogP contribution >= 0.6 is 24.0 Å². The highest BCUT2D eigenvalue weighted by Gasteiger charge is 2.14. The Hall–Kier alpha value is -0.940. The molecule has 2 aliphatic rings. The van der Waals surface area contributed by atoms with E-state index in [1.54, 1.807) is 0 Å². The van der Waals surface area contributed by atoms with Crippen molar-refractivity contribution in [1.29, 1.82) is 0 Å². The molecule has 9 heteroatoms. The number of aliphatic imine (C=N–C) groups is 1. The number of fused-ring (bicyclic) bond motifs is 1. The molecule has 0 aliphatic carbocycles. The lowest BCUT2D eigenvalue weighted by molar-refractivity contribution is 0.0203. The fourth-order valence-corrected chi connectivity index (χ4v) is 4.04. The maximum atomic E-state index is 5.84. The third kappa shape index (κ3) is 9.61. The number of ether oxygens (including phenoxy) is 2.